The number of piperidine rings is 1. The molecule has 1 amide bonds. The largest absolute Gasteiger partial charge is 0.489 e. The fourth-order valence-corrected chi connectivity index (χ4v) is 4.81. The lowest BCUT2D eigenvalue weighted by atomic mass is 9.98. The number of aromatic nitrogens is 6. The Hall–Kier alpha value is -4.04. The molecule has 232 valence electrons. The number of carbonyl (C=O) groups excluding carboxylic acids is 1. The second-order valence-corrected chi connectivity index (χ2v) is 11.8. The zero-order chi connectivity index (χ0) is 30.6. The lowest BCUT2D eigenvalue weighted by Gasteiger charge is -2.32. The van der Waals surface area contributed by atoms with Gasteiger partial charge in [0.25, 0.3) is 5.91 Å². The van der Waals surface area contributed by atoms with E-state index >= 15 is 0 Å². The number of rotatable bonds is 11. The molecule has 4 N–H and O–H groups in total. The summed E-state index contributed by atoms with van der Waals surface area (Å²) in [4.78, 5) is 37.0. The zero-order valence-corrected chi connectivity index (χ0v) is 25.2. The van der Waals surface area contributed by atoms with E-state index in [1.807, 2.05) is 28.8 Å². The Kier molecular flexibility index (Phi) is 9.25. The Bertz CT molecular complexity index is 1400. The van der Waals surface area contributed by atoms with Crippen LogP contribution in [0.25, 0.3) is 11.3 Å². The summed E-state index contributed by atoms with van der Waals surface area (Å²) in [5, 5.41) is 13.1. The van der Waals surface area contributed by atoms with Crippen LogP contribution in [0.5, 0.6) is 11.8 Å². The Morgan fingerprint density at radius 3 is 2.65 bits per heavy atom. The van der Waals surface area contributed by atoms with Crippen LogP contribution in [-0.4, -0.2) is 91.2 Å². The van der Waals surface area contributed by atoms with Crippen molar-refractivity contribution in [2.45, 2.75) is 64.2 Å². The van der Waals surface area contributed by atoms with Gasteiger partial charge in [0.05, 0.1) is 36.4 Å². The van der Waals surface area contributed by atoms with Crippen LogP contribution < -0.4 is 25.4 Å². The third-order valence-electron chi connectivity index (χ3n) is 7.89. The number of nitrogens with two attached hydrogens (primary N) is 1. The van der Waals surface area contributed by atoms with Crippen LogP contribution in [0.3, 0.4) is 0 Å². The van der Waals surface area contributed by atoms with E-state index < -0.39 is 17.6 Å². The molecule has 2 aliphatic rings. The average Bonchev–Trinajstić information content (AvgIpc) is 3.67. The van der Waals surface area contributed by atoms with Crippen molar-refractivity contribution in [2.24, 2.45) is 13.0 Å². The van der Waals surface area contributed by atoms with Gasteiger partial charge < -0.3 is 39.8 Å². The minimum absolute atomic E-state index is 0.0302. The fourth-order valence-electron chi connectivity index (χ4n) is 4.81. The van der Waals surface area contributed by atoms with Gasteiger partial charge >= 0.3 is 6.01 Å². The summed E-state index contributed by atoms with van der Waals surface area (Å²) >= 11 is 0. The van der Waals surface area contributed by atoms with Crippen LogP contribution in [0.15, 0.2) is 24.8 Å². The highest BCUT2D eigenvalue weighted by atomic mass is 16.5. The molecule has 0 aromatic carbocycles. The van der Waals surface area contributed by atoms with E-state index in [9.17, 15) is 9.90 Å². The maximum Gasteiger partial charge on any atom is 0.322 e. The summed E-state index contributed by atoms with van der Waals surface area (Å²) in [6, 6.07) is 1.41. The van der Waals surface area contributed by atoms with Crippen molar-refractivity contribution in [3.05, 3.63) is 30.6 Å². The van der Waals surface area contributed by atoms with Crippen molar-refractivity contribution in [2.75, 3.05) is 43.5 Å². The Morgan fingerprint density at radius 1 is 1.19 bits per heavy atom. The molecule has 2 aliphatic heterocycles. The molecule has 14 nitrogen and oxygen atoms in total. The number of aryl methyl sites for hydroxylation is 1. The molecule has 0 saturated carbocycles. The Labute approximate surface area is 251 Å². The summed E-state index contributed by atoms with van der Waals surface area (Å²) in [7, 11) is 1.91. The maximum absolute atomic E-state index is 13.1. The monoisotopic (exact) mass is 595 g/mol. The van der Waals surface area contributed by atoms with Crippen molar-refractivity contribution in [1.29, 1.82) is 0 Å². The number of carbonyl (C=O) groups is 1. The van der Waals surface area contributed by atoms with Crippen molar-refractivity contribution < 1.29 is 24.1 Å². The predicted octanol–water partition coefficient (Wildman–Crippen LogP) is 1.99. The summed E-state index contributed by atoms with van der Waals surface area (Å²) in [6.45, 7) is 7.78. The standard InChI is InChI=1S/C29H41N9O5/c1-18(29(2,3)40)33-26(39)25-34-27(36-28(35-25)43-16-21-6-5-11-41-21)38-9-7-19(8-10-38)15-42-23-12-20(13-31-24(23)30)22-14-37(4)17-32-22/h12-14,17-19,21,40H,5-11,15-16H2,1-4H3,(H2,30,31)(H,33,39)/t18-,21-/m1/s1. The Morgan fingerprint density at radius 2 is 1.98 bits per heavy atom. The van der Waals surface area contributed by atoms with Crippen LogP contribution in [0.1, 0.15) is 57.1 Å². The number of hydrogen-bond acceptors (Lipinski definition) is 12. The molecule has 0 radical (unpaired) electrons. The third-order valence-corrected chi connectivity index (χ3v) is 7.89. The van der Waals surface area contributed by atoms with Gasteiger partial charge in [-0.2, -0.15) is 15.0 Å². The number of amides is 1. The van der Waals surface area contributed by atoms with Gasteiger partial charge in [-0.1, -0.05) is 0 Å². The average molecular weight is 596 g/mol. The van der Waals surface area contributed by atoms with E-state index in [-0.39, 0.29) is 23.9 Å². The van der Waals surface area contributed by atoms with E-state index in [0.29, 0.717) is 50.4 Å². The first-order valence-electron chi connectivity index (χ1n) is 14.7. The summed E-state index contributed by atoms with van der Waals surface area (Å²) in [6.07, 6.45) is 8.83. The van der Waals surface area contributed by atoms with E-state index in [1.54, 1.807) is 33.3 Å². The number of nitrogens with zero attached hydrogens (tertiary/aromatic N) is 7. The summed E-state index contributed by atoms with van der Waals surface area (Å²) in [5.41, 5.74) is 6.62. The fraction of sp³-hybridized carbons (Fsp3) is 0.586. The molecule has 14 heteroatoms. The van der Waals surface area contributed by atoms with Crippen LogP contribution in [-0.2, 0) is 11.8 Å². The SMILES string of the molecule is C[C@@H](NC(=O)c1nc(OC[C@H]2CCCO2)nc(N2CCC(COc3cc(-c4cn(C)cn4)cnc3N)CC2)n1)C(C)(C)O. The first-order valence-corrected chi connectivity index (χ1v) is 14.7. The minimum atomic E-state index is -1.12. The van der Waals surface area contributed by atoms with Crippen LogP contribution in [0, 0.1) is 5.92 Å². The number of hydrogen-bond donors (Lipinski definition) is 3. The zero-order valence-electron chi connectivity index (χ0n) is 25.2. The van der Waals surface area contributed by atoms with Gasteiger partial charge in [-0.15, -0.1) is 0 Å². The molecular formula is C29H41N9O5. The normalized spacial score (nSPS) is 18.4. The van der Waals surface area contributed by atoms with E-state index in [2.05, 4.69) is 30.2 Å². The van der Waals surface area contributed by atoms with Crippen molar-refractivity contribution >= 4 is 17.7 Å². The Balaban J connectivity index is 1.23. The van der Waals surface area contributed by atoms with Crippen LogP contribution in [0.4, 0.5) is 11.8 Å². The van der Waals surface area contributed by atoms with Crippen molar-refractivity contribution in [3.63, 3.8) is 0 Å². The number of nitrogen functional groups attached to an aromatic ring is 1. The highest BCUT2D eigenvalue weighted by Crippen LogP contribution is 2.28. The number of pyridine rings is 1. The second-order valence-electron chi connectivity index (χ2n) is 11.8. The van der Waals surface area contributed by atoms with Crippen LogP contribution >= 0.6 is 0 Å². The number of imidazole rings is 1. The molecule has 3 aromatic heterocycles. The molecule has 0 unspecified atom stereocenters. The van der Waals surface area contributed by atoms with Crippen molar-refractivity contribution in [3.8, 4) is 23.0 Å². The molecular weight excluding hydrogens is 554 g/mol. The molecule has 2 atom stereocenters. The highest BCUT2D eigenvalue weighted by molar-refractivity contribution is 5.91. The number of nitrogens with one attached hydrogen (secondary N) is 1. The number of anilines is 2. The third kappa shape index (κ3) is 7.87. The lowest BCUT2D eigenvalue weighted by Crippen LogP contribution is -2.47. The molecule has 0 spiro atoms. The minimum Gasteiger partial charge on any atom is -0.489 e. The molecule has 3 aromatic rings. The van der Waals surface area contributed by atoms with Crippen LogP contribution in [0.2, 0.25) is 0 Å². The van der Waals surface area contributed by atoms with Gasteiger partial charge in [0.1, 0.15) is 6.61 Å². The number of ether oxygens (including phenoxy) is 3. The van der Waals surface area contributed by atoms with Gasteiger partial charge in [0.2, 0.25) is 11.8 Å². The molecule has 0 aliphatic carbocycles. The van der Waals surface area contributed by atoms with Gasteiger partial charge in [-0.25, -0.2) is 9.97 Å². The molecule has 0 bridgehead atoms. The topological polar surface area (TPSA) is 176 Å². The van der Waals surface area contributed by atoms with Gasteiger partial charge in [-0.3, -0.25) is 4.79 Å². The second kappa shape index (κ2) is 13.1. The summed E-state index contributed by atoms with van der Waals surface area (Å²) < 4.78 is 19.5. The van der Waals surface area contributed by atoms with Crippen molar-refractivity contribution in [1.82, 2.24) is 34.8 Å². The van der Waals surface area contributed by atoms with E-state index in [4.69, 9.17) is 19.9 Å². The predicted molar refractivity (Wildman–Crippen MR) is 159 cm³/mol. The molecule has 43 heavy (non-hydrogen) atoms. The molecule has 5 rings (SSSR count). The van der Waals surface area contributed by atoms with E-state index in [1.165, 1.54) is 0 Å². The molecule has 2 fully saturated rings. The maximum atomic E-state index is 13.1. The van der Waals surface area contributed by atoms with Gasteiger partial charge in [-0.05, 0) is 58.4 Å². The van der Waals surface area contributed by atoms with Gasteiger partial charge in [0, 0.05) is 44.7 Å². The quantitative estimate of drug-likeness (QED) is 0.294. The summed E-state index contributed by atoms with van der Waals surface area (Å²) in [5.74, 6) is 0.942. The van der Waals surface area contributed by atoms with Gasteiger partial charge in [0.15, 0.2) is 11.6 Å². The molecule has 2 saturated heterocycles. The highest BCUT2D eigenvalue weighted by Gasteiger charge is 2.28. The smallest absolute Gasteiger partial charge is 0.322 e. The number of aliphatic hydroxyl groups is 1. The first-order chi connectivity index (χ1) is 20.5. The molecule has 5 heterocycles. The first kappa shape index (κ1) is 30.4. The van der Waals surface area contributed by atoms with E-state index in [0.717, 1.165) is 36.9 Å². The lowest BCUT2D eigenvalue weighted by molar-refractivity contribution is 0.0405.